The molecule has 0 amide bonds. The van der Waals surface area contributed by atoms with Crippen molar-refractivity contribution in [2.45, 2.75) is 25.9 Å². The Bertz CT molecular complexity index is 1170. The number of anilines is 1. The standard InChI is InChI=1S/C26H24IN3O/c27-21-10-6-9-20(17-21)25-24-11-4-5-16-28-26(24)30(29-25)22-12-14-23(15-13-22)31-18-19-7-2-1-3-8-19/h1-3,6-10,12-15,17,28H,4-5,11,16,18H2. The molecule has 2 heterocycles. The Kier molecular flexibility index (Phi) is 5.93. The van der Waals surface area contributed by atoms with E-state index >= 15 is 0 Å². The smallest absolute Gasteiger partial charge is 0.133 e. The fraction of sp³-hybridized carbons (Fsp3) is 0.192. The van der Waals surface area contributed by atoms with Crippen molar-refractivity contribution in [2.24, 2.45) is 0 Å². The Morgan fingerprint density at radius 3 is 2.58 bits per heavy atom. The molecule has 0 unspecified atom stereocenters. The highest BCUT2D eigenvalue weighted by atomic mass is 127. The molecule has 1 aliphatic heterocycles. The van der Waals surface area contributed by atoms with Gasteiger partial charge in [-0.15, -0.1) is 0 Å². The number of rotatable bonds is 5. The first kappa shape index (κ1) is 20.1. The van der Waals surface area contributed by atoms with E-state index in [2.05, 4.69) is 81.1 Å². The molecule has 31 heavy (non-hydrogen) atoms. The van der Waals surface area contributed by atoms with E-state index in [0.29, 0.717) is 6.61 Å². The molecule has 5 heteroatoms. The lowest BCUT2D eigenvalue weighted by Gasteiger charge is -2.11. The molecule has 5 rings (SSSR count). The summed E-state index contributed by atoms with van der Waals surface area (Å²) < 4.78 is 9.23. The molecule has 0 aliphatic carbocycles. The average molecular weight is 521 g/mol. The van der Waals surface area contributed by atoms with Crippen LogP contribution in [0.3, 0.4) is 0 Å². The zero-order valence-corrected chi connectivity index (χ0v) is 19.4. The third-order valence-electron chi connectivity index (χ3n) is 5.56. The lowest BCUT2D eigenvalue weighted by atomic mass is 10.0. The molecule has 0 fully saturated rings. The summed E-state index contributed by atoms with van der Waals surface area (Å²) in [6, 6.07) is 27.0. The second-order valence-electron chi connectivity index (χ2n) is 7.75. The monoisotopic (exact) mass is 521 g/mol. The highest BCUT2D eigenvalue weighted by Gasteiger charge is 2.21. The number of nitrogens with one attached hydrogen (secondary N) is 1. The minimum Gasteiger partial charge on any atom is -0.489 e. The lowest BCUT2D eigenvalue weighted by Crippen LogP contribution is -2.07. The molecule has 1 aromatic heterocycles. The van der Waals surface area contributed by atoms with Gasteiger partial charge in [-0.3, -0.25) is 0 Å². The van der Waals surface area contributed by atoms with Crippen LogP contribution in [0.4, 0.5) is 5.82 Å². The van der Waals surface area contributed by atoms with Crippen LogP contribution in [0.15, 0.2) is 78.9 Å². The molecule has 156 valence electrons. The van der Waals surface area contributed by atoms with Gasteiger partial charge in [0.2, 0.25) is 0 Å². The van der Waals surface area contributed by atoms with E-state index in [1.54, 1.807) is 0 Å². The van der Waals surface area contributed by atoms with Gasteiger partial charge >= 0.3 is 0 Å². The van der Waals surface area contributed by atoms with Crippen LogP contribution in [0.5, 0.6) is 5.75 Å². The van der Waals surface area contributed by atoms with E-state index in [0.717, 1.165) is 41.5 Å². The van der Waals surface area contributed by atoms with Crippen molar-refractivity contribution in [3.8, 4) is 22.7 Å². The van der Waals surface area contributed by atoms with Gasteiger partial charge in [0.25, 0.3) is 0 Å². The molecule has 4 aromatic rings. The molecule has 0 atom stereocenters. The summed E-state index contributed by atoms with van der Waals surface area (Å²) in [4.78, 5) is 0. The molecule has 0 saturated carbocycles. The molecular weight excluding hydrogens is 497 g/mol. The maximum atomic E-state index is 5.96. The molecule has 0 spiro atoms. The van der Waals surface area contributed by atoms with Gasteiger partial charge in [-0.2, -0.15) is 5.10 Å². The number of nitrogens with zero attached hydrogens (tertiary/aromatic N) is 2. The van der Waals surface area contributed by atoms with Gasteiger partial charge in [0.1, 0.15) is 18.2 Å². The lowest BCUT2D eigenvalue weighted by molar-refractivity contribution is 0.306. The Hall–Kier alpha value is -2.80. The number of aromatic nitrogens is 2. The van der Waals surface area contributed by atoms with Crippen molar-refractivity contribution in [3.63, 3.8) is 0 Å². The van der Waals surface area contributed by atoms with Crippen LogP contribution in [0.1, 0.15) is 24.0 Å². The predicted molar refractivity (Wildman–Crippen MR) is 134 cm³/mol. The van der Waals surface area contributed by atoms with Crippen molar-refractivity contribution < 1.29 is 4.74 Å². The van der Waals surface area contributed by atoms with Crippen LogP contribution in [-0.2, 0) is 13.0 Å². The van der Waals surface area contributed by atoms with Crippen LogP contribution >= 0.6 is 22.6 Å². The SMILES string of the molecule is Ic1cccc(-c2nn(-c3ccc(OCc4ccccc4)cc3)c3c2CCCCN3)c1. The topological polar surface area (TPSA) is 39.1 Å². The first-order valence-electron chi connectivity index (χ1n) is 10.7. The van der Waals surface area contributed by atoms with Gasteiger partial charge in [-0.1, -0.05) is 42.5 Å². The summed E-state index contributed by atoms with van der Waals surface area (Å²) >= 11 is 2.37. The van der Waals surface area contributed by atoms with E-state index in [9.17, 15) is 0 Å². The normalized spacial score (nSPS) is 13.2. The minimum atomic E-state index is 0.565. The maximum Gasteiger partial charge on any atom is 0.133 e. The third-order valence-corrected chi connectivity index (χ3v) is 6.23. The first-order valence-corrected chi connectivity index (χ1v) is 11.7. The van der Waals surface area contributed by atoms with Crippen LogP contribution in [-0.4, -0.2) is 16.3 Å². The van der Waals surface area contributed by atoms with Crippen LogP contribution < -0.4 is 10.1 Å². The first-order chi connectivity index (χ1) is 15.3. The zero-order chi connectivity index (χ0) is 21.0. The number of ether oxygens (including phenoxy) is 1. The van der Waals surface area contributed by atoms with Crippen molar-refractivity contribution >= 4 is 28.4 Å². The molecule has 0 saturated heterocycles. The predicted octanol–water partition coefficient (Wildman–Crippen LogP) is 6.47. The second-order valence-corrected chi connectivity index (χ2v) is 9.00. The van der Waals surface area contributed by atoms with Gasteiger partial charge < -0.3 is 10.1 Å². The largest absolute Gasteiger partial charge is 0.489 e. The summed E-state index contributed by atoms with van der Waals surface area (Å²) in [5, 5.41) is 8.67. The molecular formula is C26H24IN3O. The van der Waals surface area contributed by atoms with Gasteiger partial charge in [0.15, 0.2) is 0 Å². The minimum absolute atomic E-state index is 0.565. The van der Waals surface area contributed by atoms with Crippen molar-refractivity contribution in [3.05, 3.63) is 93.6 Å². The summed E-state index contributed by atoms with van der Waals surface area (Å²) in [5.74, 6) is 1.97. The highest BCUT2D eigenvalue weighted by molar-refractivity contribution is 14.1. The van der Waals surface area contributed by atoms with E-state index in [1.165, 1.54) is 27.5 Å². The van der Waals surface area contributed by atoms with E-state index < -0.39 is 0 Å². The highest BCUT2D eigenvalue weighted by Crippen LogP contribution is 2.34. The number of halogens is 1. The fourth-order valence-corrected chi connectivity index (χ4v) is 4.52. The molecule has 0 radical (unpaired) electrons. The van der Waals surface area contributed by atoms with Crippen molar-refractivity contribution in [1.82, 2.24) is 9.78 Å². The molecule has 1 aliphatic rings. The van der Waals surface area contributed by atoms with E-state index in [-0.39, 0.29) is 0 Å². The number of benzene rings is 3. The van der Waals surface area contributed by atoms with Crippen molar-refractivity contribution in [1.29, 1.82) is 0 Å². The van der Waals surface area contributed by atoms with Crippen LogP contribution in [0, 0.1) is 3.57 Å². The second kappa shape index (κ2) is 9.14. The quantitative estimate of drug-likeness (QED) is 0.306. The number of hydrogen-bond donors (Lipinski definition) is 1. The van der Waals surface area contributed by atoms with Crippen LogP contribution in [0.2, 0.25) is 0 Å². The Labute approximate surface area is 196 Å². The number of fused-ring (bicyclic) bond motifs is 1. The Balaban J connectivity index is 1.45. The molecule has 4 nitrogen and oxygen atoms in total. The summed E-state index contributed by atoms with van der Waals surface area (Å²) in [6.07, 6.45) is 3.39. The summed E-state index contributed by atoms with van der Waals surface area (Å²) in [5.41, 5.74) is 5.76. The average Bonchev–Trinajstić information content (AvgIpc) is 2.99. The van der Waals surface area contributed by atoms with Gasteiger partial charge in [-0.05, 0) is 83.8 Å². The third kappa shape index (κ3) is 4.46. The maximum absolute atomic E-state index is 5.96. The fourth-order valence-electron chi connectivity index (χ4n) is 3.98. The Morgan fingerprint density at radius 1 is 0.935 bits per heavy atom. The molecule has 0 bridgehead atoms. The van der Waals surface area contributed by atoms with E-state index in [4.69, 9.17) is 9.84 Å². The number of hydrogen-bond acceptors (Lipinski definition) is 3. The van der Waals surface area contributed by atoms with Gasteiger partial charge in [0, 0.05) is 21.2 Å². The van der Waals surface area contributed by atoms with Gasteiger partial charge in [0.05, 0.1) is 11.4 Å². The Morgan fingerprint density at radius 2 is 1.77 bits per heavy atom. The summed E-state index contributed by atoms with van der Waals surface area (Å²) in [6.45, 7) is 1.54. The molecule has 1 N–H and O–H groups in total. The van der Waals surface area contributed by atoms with Crippen LogP contribution in [0.25, 0.3) is 16.9 Å². The van der Waals surface area contributed by atoms with E-state index in [1.807, 2.05) is 30.3 Å². The molecule has 3 aromatic carbocycles. The zero-order valence-electron chi connectivity index (χ0n) is 17.2. The van der Waals surface area contributed by atoms with Gasteiger partial charge in [-0.25, -0.2) is 4.68 Å². The van der Waals surface area contributed by atoms with Crippen molar-refractivity contribution in [2.75, 3.05) is 11.9 Å². The summed E-state index contributed by atoms with van der Waals surface area (Å²) in [7, 11) is 0.